The summed E-state index contributed by atoms with van der Waals surface area (Å²) >= 11 is 6.05. The van der Waals surface area contributed by atoms with E-state index in [2.05, 4.69) is 0 Å². The molecular weight excluding hydrogens is 236 g/mol. The van der Waals surface area contributed by atoms with Gasteiger partial charge in [0.1, 0.15) is 0 Å². The monoisotopic (exact) mass is 252 g/mol. The lowest BCUT2D eigenvalue weighted by Gasteiger charge is -2.25. The summed E-state index contributed by atoms with van der Waals surface area (Å²) in [5, 5.41) is 0.430. The molecule has 1 aromatic rings. The highest BCUT2D eigenvalue weighted by Gasteiger charge is 2.26. The Hall–Kier alpha value is -1.22. The van der Waals surface area contributed by atoms with Gasteiger partial charge in [0.15, 0.2) is 0 Å². The predicted molar refractivity (Wildman–Crippen MR) is 70.2 cm³/mol. The van der Waals surface area contributed by atoms with Crippen molar-refractivity contribution in [3.05, 3.63) is 28.8 Å². The van der Waals surface area contributed by atoms with Crippen LogP contribution in [-0.2, 0) is 0 Å². The number of hydrogen-bond acceptors (Lipinski definition) is 2. The van der Waals surface area contributed by atoms with Gasteiger partial charge in [-0.25, -0.2) is 0 Å². The second kappa shape index (κ2) is 4.96. The first-order chi connectivity index (χ1) is 8.11. The minimum absolute atomic E-state index is 0.0694. The van der Waals surface area contributed by atoms with Gasteiger partial charge in [-0.05, 0) is 25.0 Å². The Labute approximate surface area is 107 Å². The molecule has 0 aliphatic heterocycles. The summed E-state index contributed by atoms with van der Waals surface area (Å²) < 4.78 is 0. The number of anilines is 1. The fourth-order valence-electron chi connectivity index (χ4n) is 2.40. The van der Waals surface area contributed by atoms with Crippen LogP contribution in [0.1, 0.15) is 36.0 Å². The largest absolute Gasteiger partial charge is 0.398 e. The molecule has 1 aliphatic rings. The fraction of sp³-hybridized carbons (Fsp3) is 0.462. The summed E-state index contributed by atoms with van der Waals surface area (Å²) in [5.74, 6) is -0.0694. The summed E-state index contributed by atoms with van der Waals surface area (Å²) in [7, 11) is 1.83. The molecule has 1 amide bonds. The zero-order valence-electron chi connectivity index (χ0n) is 9.95. The number of halogens is 1. The normalized spacial score (nSPS) is 16.1. The molecule has 1 aliphatic carbocycles. The maximum Gasteiger partial charge on any atom is 0.257 e. The molecular formula is C13H17ClN2O. The first-order valence-electron chi connectivity index (χ1n) is 5.92. The van der Waals surface area contributed by atoms with E-state index in [0.29, 0.717) is 22.3 Å². The van der Waals surface area contributed by atoms with Crippen LogP contribution in [0.25, 0.3) is 0 Å². The highest BCUT2D eigenvalue weighted by atomic mass is 35.5. The van der Waals surface area contributed by atoms with E-state index in [1.165, 1.54) is 12.8 Å². The molecule has 0 atom stereocenters. The van der Waals surface area contributed by atoms with Gasteiger partial charge >= 0.3 is 0 Å². The van der Waals surface area contributed by atoms with Crippen molar-refractivity contribution in [2.24, 2.45) is 0 Å². The Morgan fingerprint density at radius 1 is 1.41 bits per heavy atom. The number of nitrogens with zero attached hydrogens (tertiary/aromatic N) is 1. The van der Waals surface area contributed by atoms with Crippen LogP contribution in [0.2, 0.25) is 5.02 Å². The Morgan fingerprint density at radius 3 is 2.65 bits per heavy atom. The van der Waals surface area contributed by atoms with Gasteiger partial charge in [-0.15, -0.1) is 0 Å². The van der Waals surface area contributed by atoms with Crippen molar-refractivity contribution >= 4 is 23.2 Å². The van der Waals surface area contributed by atoms with Crippen LogP contribution in [0.15, 0.2) is 18.2 Å². The zero-order chi connectivity index (χ0) is 12.4. The van der Waals surface area contributed by atoms with E-state index in [1.54, 1.807) is 23.1 Å². The van der Waals surface area contributed by atoms with Crippen molar-refractivity contribution in [1.29, 1.82) is 0 Å². The van der Waals surface area contributed by atoms with Gasteiger partial charge in [0.25, 0.3) is 5.91 Å². The summed E-state index contributed by atoms with van der Waals surface area (Å²) in [4.78, 5) is 14.1. The highest BCUT2D eigenvalue weighted by molar-refractivity contribution is 6.34. The molecule has 1 fully saturated rings. The molecule has 0 radical (unpaired) electrons. The molecule has 1 aromatic carbocycles. The van der Waals surface area contributed by atoms with Crippen LogP contribution < -0.4 is 5.73 Å². The van der Waals surface area contributed by atoms with Gasteiger partial charge in [0, 0.05) is 18.8 Å². The quantitative estimate of drug-likeness (QED) is 0.823. The lowest BCUT2D eigenvalue weighted by atomic mass is 10.1. The molecule has 17 heavy (non-hydrogen) atoms. The van der Waals surface area contributed by atoms with Gasteiger partial charge in [-0.1, -0.05) is 30.5 Å². The fourth-order valence-corrected chi connectivity index (χ4v) is 2.66. The molecule has 4 heteroatoms. The SMILES string of the molecule is CN(C(=O)c1c(N)cccc1Cl)C1CCCC1. The topological polar surface area (TPSA) is 46.3 Å². The van der Waals surface area contributed by atoms with Crippen LogP contribution in [0.3, 0.4) is 0 Å². The molecule has 0 unspecified atom stereocenters. The van der Waals surface area contributed by atoms with Crippen molar-refractivity contribution < 1.29 is 4.79 Å². The van der Waals surface area contributed by atoms with E-state index in [-0.39, 0.29) is 5.91 Å². The Balaban J connectivity index is 2.24. The number of rotatable bonds is 2. The van der Waals surface area contributed by atoms with E-state index in [9.17, 15) is 4.79 Å². The smallest absolute Gasteiger partial charge is 0.257 e. The van der Waals surface area contributed by atoms with E-state index in [4.69, 9.17) is 17.3 Å². The first kappa shape index (κ1) is 12.2. The third-order valence-electron chi connectivity index (χ3n) is 3.45. The van der Waals surface area contributed by atoms with Crippen LogP contribution in [-0.4, -0.2) is 23.9 Å². The molecule has 92 valence electrons. The lowest BCUT2D eigenvalue weighted by Crippen LogP contribution is -2.35. The van der Waals surface area contributed by atoms with Crippen LogP contribution >= 0.6 is 11.6 Å². The molecule has 1 saturated carbocycles. The minimum Gasteiger partial charge on any atom is -0.398 e. The van der Waals surface area contributed by atoms with E-state index in [1.807, 2.05) is 7.05 Å². The molecule has 0 saturated heterocycles. The van der Waals surface area contributed by atoms with Crippen LogP contribution in [0.5, 0.6) is 0 Å². The number of carbonyl (C=O) groups is 1. The number of nitrogens with two attached hydrogens (primary N) is 1. The molecule has 0 aromatic heterocycles. The van der Waals surface area contributed by atoms with Crippen molar-refractivity contribution in [3.8, 4) is 0 Å². The number of nitrogen functional groups attached to an aromatic ring is 1. The number of benzene rings is 1. The van der Waals surface area contributed by atoms with Gasteiger partial charge < -0.3 is 10.6 Å². The van der Waals surface area contributed by atoms with Crippen molar-refractivity contribution in [2.45, 2.75) is 31.7 Å². The van der Waals surface area contributed by atoms with Gasteiger partial charge in [-0.3, -0.25) is 4.79 Å². The van der Waals surface area contributed by atoms with Crippen molar-refractivity contribution in [1.82, 2.24) is 4.90 Å². The van der Waals surface area contributed by atoms with Gasteiger partial charge in [-0.2, -0.15) is 0 Å². The van der Waals surface area contributed by atoms with Crippen molar-refractivity contribution in [3.63, 3.8) is 0 Å². The molecule has 0 bridgehead atoms. The first-order valence-corrected chi connectivity index (χ1v) is 6.30. The molecule has 0 spiro atoms. The van der Waals surface area contributed by atoms with Gasteiger partial charge in [0.05, 0.1) is 10.6 Å². The van der Waals surface area contributed by atoms with Crippen molar-refractivity contribution in [2.75, 3.05) is 12.8 Å². The van der Waals surface area contributed by atoms with E-state index >= 15 is 0 Å². The Kier molecular flexibility index (Phi) is 3.57. The lowest BCUT2D eigenvalue weighted by molar-refractivity contribution is 0.0736. The molecule has 3 nitrogen and oxygen atoms in total. The standard InChI is InChI=1S/C13H17ClN2O/c1-16(9-5-2-3-6-9)13(17)12-10(14)7-4-8-11(12)15/h4,7-9H,2-3,5-6,15H2,1H3. The number of amides is 1. The molecule has 0 heterocycles. The van der Waals surface area contributed by atoms with Crippen LogP contribution in [0.4, 0.5) is 5.69 Å². The molecule has 2 N–H and O–H groups in total. The Morgan fingerprint density at radius 2 is 2.06 bits per heavy atom. The second-order valence-corrected chi connectivity index (χ2v) is 4.97. The average Bonchev–Trinajstić information content (AvgIpc) is 2.81. The zero-order valence-corrected chi connectivity index (χ0v) is 10.7. The number of hydrogen-bond donors (Lipinski definition) is 1. The van der Waals surface area contributed by atoms with E-state index < -0.39 is 0 Å². The third kappa shape index (κ3) is 2.39. The summed E-state index contributed by atoms with van der Waals surface area (Å²) in [6.07, 6.45) is 4.54. The highest BCUT2D eigenvalue weighted by Crippen LogP contribution is 2.28. The summed E-state index contributed by atoms with van der Waals surface area (Å²) in [5.41, 5.74) is 6.71. The van der Waals surface area contributed by atoms with Crippen LogP contribution in [0, 0.1) is 0 Å². The van der Waals surface area contributed by atoms with E-state index in [0.717, 1.165) is 12.8 Å². The minimum atomic E-state index is -0.0694. The van der Waals surface area contributed by atoms with Gasteiger partial charge in [0.2, 0.25) is 0 Å². The number of carbonyl (C=O) groups excluding carboxylic acids is 1. The summed E-state index contributed by atoms with van der Waals surface area (Å²) in [6.45, 7) is 0. The Bertz CT molecular complexity index is 407. The average molecular weight is 253 g/mol. The maximum absolute atomic E-state index is 12.3. The maximum atomic E-state index is 12.3. The molecule has 2 rings (SSSR count). The summed E-state index contributed by atoms with van der Waals surface area (Å²) in [6, 6.07) is 5.50. The second-order valence-electron chi connectivity index (χ2n) is 4.56. The predicted octanol–water partition coefficient (Wildman–Crippen LogP) is 2.94. The third-order valence-corrected chi connectivity index (χ3v) is 3.77.